The van der Waals surface area contributed by atoms with E-state index in [1.54, 1.807) is 13.0 Å². The van der Waals surface area contributed by atoms with E-state index < -0.39 is 12.1 Å². The van der Waals surface area contributed by atoms with Crippen LogP contribution >= 0.6 is 11.8 Å². The van der Waals surface area contributed by atoms with Gasteiger partial charge in [-0.05, 0) is 60.7 Å². The quantitative estimate of drug-likeness (QED) is 0.513. The average molecular weight is 410 g/mol. The summed E-state index contributed by atoms with van der Waals surface area (Å²) in [5.41, 5.74) is 5.97. The van der Waals surface area contributed by atoms with Crippen LogP contribution in [-0.4, -0.2) is 28.7 Å². The Morgan fingerprint density at radius 1 is 1.21 bits per heavy atom. The zero-order valence-corrected chi connectivity index (χ0v) is 19.6. The van der Waals surface area contributed by atoms with Crippen LogP contribution < -0.4 is 34.7 Å². The van der Waals surface area contributed by atoms with Crippen molar-refractivity contribution < 1.29 is 49.0 Å². The molecule has 0 fully saturated rings. The summed E-state index contributed by atoms with van der Waals surface area (Å²) in [6.07, 6.45) is 2.78. The van der Waals surface area contributed by atoms with Crippen LogP contribution in [-0.2, 0) is 4.79 Å². The fraction of sp³-hybridized carbons (Fsp3) is 0.318. The number of aryl methyl sites for hydroxylation is 3. The van der Waals surface area contributed by atoms with Gasteiger partial charge in [-0.2, -0.15) is 11.8 Å². The van der Waals surface area contributed by atoms with Gasteiger partial charge in [-0.1, -0.05) is 35.9 Å². The number of aliphatic carboxylic acids is 1. The van der Waals surface area contributed by atoms with E-state index in [1.165, 1.54) is 17.8 Å². The number of aliphatic hydroxyl groups is 1. The van der Waals surface area contributed by atoms with E-state index in [1.807, 2.05) is 32.1 Å². The Bertz CT molecular complexity index is 852. The number of thioether (sulfide) groups is 1. The molecular formula is C22H24FNaO3S. The third-order valence-corrected chi connectivity index (χ3v) is 5.26. The van der Waals surface area contributed by atoms with Crippen LogP contribution in [0.25, 0.3) is 17.2 Å². The molecule has 2 aromatic carbocycles. The molecule has 28 heavy (non-hydrogen) atoms. The number of carboxylic acid groups (broad SMARTS) is 1. The second-order valence-corrected chi connectivity index (χ2v) is 7.75. The van der Waals surface area contributed by atoms with Gasteiger partial charge in [-0.3, -0.25) is 0 Å². The van der Waals surface area contributed by atoms with Gasteiger partial charge in [-0.25, -0.2) is 4.39 Å². The van der Waals surface area contributed by atoms with E-state index in [9.17, 15) is 19.4 Å². The standard InChI is InChI=1S/C22H25FO3S.Na/c1-14-9-15(2)19(5-4-8-27-13-18(24)12-22(25)26)20(10-14)17-6-7-21(23)16(3)11-17;/h4-7,9-11,18,24H,8,12-13H2,1-3H3,(H,25,26);/q;+1/p-1. The molecule has 1 N–H and O–H groups in total. The summed E-state index contributed by atoms with van der Waals surface area (Å²) in [5.74, 6) is -0.464. The largest absolute Gasteiger partial charge is 1.00 e. The van der Waals surface area contributed by atoms with E-state index in [0.717, 1.165) is 27.8 Å². The predicted octanol–water partition coefficient (Wildman–Crippen LogP) is 0.669. The van der Waals surface area contributed by atoms with E-state index >= 15 is 0 Å². The normalized spacial score (nSPS) is 12.0. The second kappa shape index (κ2) is 11.8. The van der Waals surface area contributed by atoms with Gasteiger partial charge in [0.05, 0.1) is 6.10 Å². The molecule has 0 aromatic heterocycles. The van der Waals surface area contributed by atoms with E-state index in [0.29, 0.717) is 17.1 Å². The van der Waals surface area contributed by atoms with Gasteiger partial charge in [0.1, 0.15) is 5.82 Å². The zero-order chi connectivity index (χ0) is 20.0. The van der Waals surface area contributed by atoms with Crippen LogP contribution in [0.5, 0.6) is 0 Å². The molecule has 1 unspecified atom stereocenters. The maximum Gasteiger partial charge on any atom is 1.00 e. The number of halogens is 1. The van der Waals surface area contributed by atoms with Gasteiger partial charge < -0.3 is 15.0 Å². The Morgan fingerprint density at radius 2 is 1.93 bits per heavy atom. The first-order valence-corrected chi connectivity index (χ1v) is 9.93. The number of benzene rings is 2. The summed E-state index contributed by atoms with van der Waals surface area (Å²) in [6.45, 7) is 5.84. The van der Waals surface area contributed by atoms with Crippen LogP contribution in [0.2, 0.25) is 0 Å². The van der Waals surface area contributed by atoms with Gasteiger partial charge in [0, 0.05) is 23.9 Å². The summed E-state index contributed by atoms with van der Waals surface area (Å²) in [4.78, 5) is 10.4. The van der Waals surface area contributed by atoms with E-state index in [-0.39, 0.29) is 41.8 Å². The minimum atomic E-state index is -1.24. The number of rotatable bonds is 8. The molecule has 2 rings (SSSR count). The minimum absolute atomic E-state index is 0. The molecule has 0 aliphatic rings. The molecule has 0 radical (unpaired) electrons. The molecule has 144 valence electrons. The Balaban J connectivity index is 0.00000392. The first kappa shape index (κ1) is 24.9. The van der Waals surface area contributed by atoms with Crippen molar-refractivity contribution >= 4 is 23.8 Å². The number of aliphatic hydroxyl groups excluding tert-OH is 1. The van der Waals surface area contributed by atoms with Crippen molar-refractivity contribution in [1.29, 1.82) is 0 Å². The average Bonchev–Trinajstić information content (AvgIpc) is 2.57. The third-order valence-electron chi connectivity index (χ3n) is 4.21. The van der Waals surface area contributed by atoms with Crippen molar-refractivity contribution in [2.24, 2.45) is 0 Å². The molecule has 0 amide bonds. The Morgan fingerprint density at radius 3 is 2.57 bits per heavy atom. The molecule has 0 aliphatic carbocycles. The maximum atomic E-state index is 13.6. The molecule has 6 heteroatoms. The topological polar surface area (TPSA) is 60.4 Å². The summed E-state index contributed by atoms with van der Waals surface area (Å²) in [5, 5.41) is 20.0. The summed E-state index contributed by atoms with van der Waals surface area (Å²) in [6, 6.07) is 9.33. The van der Waals surface area contributed by atoms with Crippen LogP contribution in [0.15, 0.2) is 36.4 Å². The van der Waals surface area contributed by atoms with Crippen LogP contribution in [0, 0.1) is 26.6 Å². The summed E-state index contributed by atoms with van der Waals surface area (Å²) < 4.78 is 13.6. The minimum Gasteiger partial charge on any atom is -0.550 e. The molecule has 2 aromatic rings. The van der Waals surface area contributed by atoms with Gasteiger partial charge in [0.15, 0.2) is 0 Å². The van der Waals surface area contributed by atoms with Crippen LogP contribution in [0.4, 0.5) is 4.39 Å². The van der Waals surface area contributed by atoms with Gasteiger partial charge in [0.25, 0.3) is 0 Å². The van der Waals surface area contributed by atoms with Crippen molar-refractivity contribution in [3.8, 4) is 11.1 Å². The molecule has 3 nitrogen and oxygen atoms in total. The Kier molecular flexibility index (Phi) is 10.5. The van der Waals surface area contributed by atoms with Crippen molar-refractivity contribution in [2.75, 3.05) is 11.5 Å². The molecule has 0 heterocycles. The SMILES string of the molecule is Cc1cc(C)c(C=CCSCC(O)CC(=O)[O-])c(-c2ccc(F)c(C)c2)c1.[Na+]. The molecule has 1 atom stereocenters. The zero-order valence-electron chi connectivity index (χ0n) is 16.8. The van der Waals surface area contributed by atoms with E-state index in [4.69, 9.17) is 0 Å². The van der Waals surface area contributed by atoms with Gasteiger partial charge >= 0.3 is 29.6 Å². The van der Waals surface area contributed by atoms with Crippen molar-refractivity contribution in [3.05, 3.63) is 64.5 Å². The van der Waals surface area contributed by atoms with Crippen molar-refractivity contribution in [1.82, 2.24) is 0 Å². The number of hydrogen-bond acceptors (Lipinski definition) is 4. The first-order valence-electron chi connectivity index (χ1n) is 8.78. The smallest absolute Gasteiger partial charge is 0.550 e. The molecule has 0 spiro atoms. The summed E-state index contributed by atoms with van der Waals surface area (Å²) in [7, 11) is 0. The fourth-order valence-corrected chi connectivity index (χ4v) is 3.70. The van der Waals surface area contributed by atoms with Crippen LogP contribution in [0.1, 0.15) is 28.7 Å². The third kappa shape index (κ3) is 7.37. The number of carbonyl (C=O) groups is 1. The number of hydrogen-bond donors (Lipinski definition) is 1. The van der Waals surface area contributed by atoms with Crippen molar-refractivity contribution in [2.45, 2.75) is 33.3 Å². The summed E-state index contributed by atoms with van der Waals surface area (Å²) >= 11 is 1.46. The van der Waals surface area contributed by atoms with Crippen molar-refractivity contribution in [3.63, 3.8) is 0 Å². The molecule has 0 aliphatic heterocycles. The molecule has 0 saturated carbocycles. The first-order chi connectivity index (χ1) is 12.8. The molecular weight excluding hydrogens is 386 g/mol. The predicted molar refractivity (Wildman–Crippen MR) is 108 cm³/mol. The second-order valence-electron chi connectivity index (χ2n) is 6.68. The fourth-order valence-electron chi connectivity index (χ4n) is 2.94. The number of carboxylic acids is 1. The number of carbonyl (C=O) groups excluding carboxylic acids is 1. The maximum absolute atomic E-state index is 13.6. The van der Waals surface area contributed by atoms with Gasteiger partial charge in [0.2, 0.25) is 0 Å². The molecule has 0 saturated heterocycles. The Hall–Kier alpha value is -1.11. The molecule has 0 bridgehead atoms. The van der Waals surface area contributed by atoms with Gasteiger partial charge in [-0.15, -0.1) is 0 Å². The monoisotopic (exact) mass is 410 g/mol. The Labute approximate surface area is 192 Å². The van der Waals surface area contributed by atoms with Crippen LogP contribution in [0.3, 0.4) is 0 Å². The van der Waals surface area contributed by atoms with E-state index in [2.05, 4.69) is 12.1 Å².